The smallest absolute Gasteiger partial charge is 0.310 e. The number of nitrogens with zero attached hydrogens (tertiary/aromatic N) is 3. The highest BCUT2D eigenvalue weighted by atomic mass is 19.1. The molecule has 1 aromatic carbocycles. The molecule has 0 radical (unpaired) electrons. The topological polar surface area (TPSA) is 112 Å². The highest BCUT2D eigenvalue weighted by Gasteiger charge is 2.39. The van der Waals surface area contributed by atoms with Gasteiger partial charge in [-0.2, -0.15) is 0 Å². The number of nitrogens with one attached hydrogen (secondary N) is 1. The van der Waals surface area contributed by atoms with Gasteiger partial charge in [0.25, 0.3) is 5.91 Å². The largest absolute Gasteiger partial charge is 0.481 e. The number of hydrogen-bond donors (Lipinski definition) is 2. The van der Waals surface area contributed by atoms with Crippen LogP contribution in [-0.4, -0.2) is 64.6 Å². The summed E-state index contributed by atoms with van der Waals surface area (Å²) in [6.07, 6.45) is 3.97. The van der Waals surface area contributed by atoms with E-state index in [9.17, 15) is 19.5 Å². The van der Waals surface area contributed by atoms with Gasteiger partial charge in [-0.3, -0.25) is 14.4 Å². The molecule has 2 aliphatic rings. The van der Waals surface area contributed by atoms with E-state index in [1.54, 1.807) is 17.2 Å². The molecular weight excluding hydrogens is 575 g/mol. The van der Waals surface area contributed by atoms with Crippen LogP contribution in [-0.2, 0) is 19.1 Å². The minimum absolute atomic E-state index is 0.00224. The molecule has 2 amide bonds. The van der Waals surface area contributed by atoms with Crippen LogP contribution in [0.2, 0.25) is 0 Å². The van der Waals surface area contributed by atoms with Gasteiger partial charge in [0.1, 0.15) is 17.3 Å². The van der Waals surface area contributed by atoms with Crippen LogP contribution in [0.3, 0.4) is 0 Å². The maximum atomic E-state index is 15.5. The quantitative estimate of drug-likeness (QED) is 0.309. The normalized spacial score (nSPS) is 16.6. The van der Waals surface area contributed by atoms with Gasteiger partial charge in [0, 0.05) is 38.2 Å². The number of aromatic nitrogens is 1. The van der Waals surface area contributed by atoms with Crippen LogP contribution in [0.1, 0.15) is 78.7 Å². The van der Waals surface area contributed by atoms with E-state index in [1.165, 1.54) is 13.8 Å². The molecule has 10 heteroatoms. The summed E-state index contributed by atoms with van der Waals surface area (Å²) in [6.45, 7) is 10.6. The molecule has 0 bridgehead atoms. The second-order valence-electron chi connectivity index (χ2n) is 12.4. The molecule has 0 saturated carbocycles. The van der Waals surface area contributed by atoms with E-state index in [0.717, 1.165) is 17.6 Å². The van der Waals surface area contributed by atoms with Gasteiger partial charge in [0.2, 0.25) is 5.91 Å². The van der Waals surface area contributed by atoms with Crippen molar-refractivity contribution < 1.29 is 28.6 Å². The van der Waals surface area contributed by atoms with Crippen molar-refractivity contribution in [1.82, 2.24) is 9.88 Å². The Morgan fingerprint density at radius 2 is 1.71 bits per heavy atom. The molecule has 1 aromatic heterocycles. The first-order chi connectivity index (χ1) is 21.4. The van der Waals surface area contributed by atoms with Gasteiger partial charge in [-0.1, -0.05) is 44.2 Å². The van der Waals surface area contributed by atoms with E-state index < -0.39 is 23.0 Å². The first-order valence-corrected chi connectivity index (χ1v) is 15.8. The Bertz CT molecular complexity index is 1440. The van der Waals surface area contributed by atoms with Crippen molar-refractivity contribution in [2.75, 3.05) is 36.4 Å². The molecule has 0 spiro atoms. The van der Waals surface area contributed by atoms with Crippen molar-refractivity contribution in [2.24, 2.45) is 5.41 Å². The number of carbonyl (C=O) groups excluding carboxylic acids is 2. The molecule has 242 valence electrons. The van der Waals surface area contributed by atoms with Gasteiger partial charge < -0.3 is 25.0 Å². The van der Waals surface area contributed by atoms with E-state index >= 15 is 4.39 Å². The third kappa shape index (κ3) is 7.90. The zero-order valence-corrected chi connectivity index (χ0v) is 27.0. The van der Waals surface area contributed by atoms with Gasteiger partial charge in [-0.15, -0.1) is 0 Å². The Kier molecular flexibility index (Phi) is 10.7. The molecule has 45 heavy (non-hydrogen) atoms. The average Bonchev–Trinajstić information content (AvgIpc) is 3.37. The summed E-state index contributed by atoms with van der Waals surface area (Å²) >= 11 is 0. The second kappa shape index (κ2) is 14.3. The average molecular weight is 621 g/mol. The zero-order chi connectivity index (χ0) is 32.8. The van der Waals surface area contributed by atoms with Gasteiger partial charge >= 0.3 is 5.97 Å². The molecule has 4 rings (SSSR count). The number of carboxylic acids is 1. The van der Waals surface area contributed by atoms with Crippen LogP contribution in [0.5, 0.6) is 0 Å². The number of hydrogen-bond acceptors (Lipinski definition) is 6. The third-order valence-corrected chi connectivity index (χ3v) is 8.94. The van der Waals surface area contributed by atoms with Crippen LogP contribution in [0.15, 0.2) is 65.6 Å². The Morgan fingerprint density at radius 3 is 2.31 bits per heavy atom. The highest BCUT2D eigenvalue weighted by molar-refractivity contribution is 6.04. The molecule has 2 aromatic rings. The summed E-state index contributed by atoms with van der Waals surface area (Å²) in [5, 5.41) is 12.6. The van der Waals surface area contributed by atoms with Crippen LogP contribution in [0.25, 0.3) is 5.76 Å². The van der Waals surface area contributed by atoms with Crippen LogP contribution >= 0.6 is 0 Å². The number of amides is 2. The van der Waals surface area contributed by atoms with Crippen molar-refractivity contribution in [3.05, 3.63) is 71.1 Å². The number of rotatable bonds is 10. The molecule has 2 aliphatic heterocycles. The first kappa shape index (κ1) is 33.7. The second-order valence-corrected chi connectivity index (χ2v) is 12.4. The number of carboxylic acid groups (broad SMARTS) is 1. The minimum Gasteiger partial charge on any atom is -0.481 e. The van der Waals surface area contributed by atoms with E-state index in [2.05, 4.69) is 15.2 Å². The molecule has 0 atom stereocenters. The fraction of sp³-hybridized carbons (Fsp3) is 0.486. The monoisotopic (exact) mass is 620 g/mol. The highest BCUT2D eigenvalue weighted by Crippen LogP contribution is 2.38. The zero-order valence-electron chi connectivity index (χ0n) is 27.0. The lowest BCUT2D eigenvalue weighted by molar-refractivity contribution is -0.154. The van der Waals surface area contributed by atoms with Crippen molar-refractivity contribution in [3.63, 3.8) is 0 Å². The van der Waals surface area contributed by atoms with Crippen molar-refractivity contribution in [3.8, 4) is 0 Å². The molecule has 1 saturated heterocycles. The number of halogens is 1. The fourth-order valence-electron chi connectivity index (χ4n) is 5.91. The predicted octanol–water partition coefficient (Wildman–Crippen LogP) is 6.58. The fourth-order valence-corrected chi connectivity index (χ4v) is 5.91. The molecule has 0 aliphatic carbocycles. The number of allylic oxidation sites excluding steroid dienone is 2. The van der Waals surface area contributed by atoms with Crippen LogP contribution < -0.4 is 10.2 Å². The van der Waals surface area contributed by atoms with Crippen molar-refractivity contribution in [1.29, 1.82) is 0 Å². The summed E-state index contributed by atoms with van der Waals surface area (Å²) in [7, 11) is 0. The number of ether oxygens (including phenoxy) is 1. The van der Waals surface area contributed by atoms with Crippen molar-refractivity contribution in [2.45, 2.75) is 78.8 Å². The van der Waals surface area contributed by atoms with E-state index in [0.29, 0.717) is 69.1 Å². The lowest BCUT2D eigenvalue weighted by Crippen LogP contribution is -2.41. The molecular formula is C35H45FN4O5. The lowest BCUT2D eigenvalue weighted by Gasteiger charge is -2.29. The van der Waals surface area contributed by atoms with Crippen LogP contribution in [0, 0.1) is 5.41 Å². The standard InChI is InChI=1S/C35H45FN4O5/c1-6-35(7-2,33(43)44)22-29(41)40-19-11-18-39(20-21-40)28-17-15-26(23-37-28)38-32(42)27-16-14-24(3)30(25-12-9-8-10-13-25)45-31(27)34(4,5)36/h8-10,12-13,15,17,23H,6-7,11,14,16,18-22H2,1-5H3,(H,38,42)(H,43,44). The third-order valence-electron chi connectivity index (χ3n) is 8.94. The Labute approximate surface area is 265 Å². The van der Waals surface area contributed by atoms with Gasteiger partial charge in [0.05, 0.1) is 22.9 Å². The lowest BCUT2D eigenvalue weighted by atomic mass is 9.79. The summed E-state index contributed by atoms with van der Waals surface area (Å²) < 4.78 is 21.7. The van der Waals surface area contributed by atoms with Crippen LogP contribution in [0.4, 0.5) is 15.9 Å². The Balaban J connectivity index is 1.43. The van der Waals surface area contributed by atoms with Gasteiger partial charge in [-0.25, -0.2) is 9.37 Å². The molecule has 2 N–H and O–H groups in total. The molecule has 3 heterocycles. The Morgan fingerprint density at radius 1 is 1.00 bits per heavy atom. The number of alkyl halides is 1. The van der Waals surface area contributed by atoms with Gasteiger partial charge in [-0.05, 0) is 70.6 Å². The summed E-state index contributed by atoms with van der Waals surface area (Å²) in [5.74, 6) is -0.220. The number of pyridine rings is 1. The SMILES string of the molecule is CCC(CC)(CC(=O)N1CCCN(c2ccc(NC(=O)C3=C(C(C)(C)F)OC(c4ccccc4)=C(C)CC3)cn2)CC1)C(=O)O. The molecule has 9 nitrogen and oxygen atoms in total. The maximum Gasteiger partial charge on any atom is 0.310 e. The van der Waals surface area contributed by atoms with E-state index in [-0.39, 0.29) is 23.7 Å². The summed E-state index contributed by atoms with van der Waals surface area (Å²) in [4.78, 5) is 46.9. The number of carbonyl (C=O) groups is 3. The first-order valence-electron chi connectivity index (χ1n) is 15.8. The Hall–Kier alpha value is -4.21. The molecule has 0 unspecified atom stereocenters. The van der Waals surface area contributed by atoms with Gasteiger partial charge in [0.15, 0.2) is 5.67 Å². The number of anilines is 2. The summed E-state index contributed by atoms with van der Waals surface area (Å²) in [6, 6.07) is 13.1. The number of aliphatic carboxylic acids is 1. The van der Waals surface area contributed by atoms with Crippen molar-refractivity contribution >= 4 is 35.0 Å². The predicted molar refractivity (Wildman–Crippen MR) is 173 cm³/mol. The summed E-state index contributed by atoms with van der Waals surface area (Å²) in [5.41, 5.74) is -0.429. The minimum atomic E-state index is -1.89. The molecule has 1 fully saturated rings. The van der Waals surface area contributed by atoms with E-state index in [4.69, 9.17) is 4.74 Å². The number of benzene rings is 1. The maximum absolute atomic E-state index is 15.5. The van der Waals surface area contributed by atoms with E-state index in [1.807, 2.05) is 57.2 Å².